The third kappa shape index (κ3) is 6.42. The number of nitrogens with zero attached hydrogens (tertiary/aromatic N) is 3. The molecule has 0 bridgehead atoms. The molecule has 2 aromatic carbocycles. The molecule has 3 rings (SSSR count). The minimum absolute atomic E-state index is 0.0701. The monoisotopic (exact) mass is 437 g/mol. The summed E-state index contributed by atoms with van der Waals surface area (Å²) in [5, 5.41) is 14.8. The Morgan fingerprint density at radius 1 is 0.968 bits per heavy atom. The van der Waals surface area contributed by atoms with E-state index in [-0.39, 0.29) is 17.6 Å². The predicted molar refractivity (Wildman–Crippen MR) is 124 cm³/mol. The quantitative estimate of drug-likeness (QED) is 0.519. The lowest BCUT2D eigenvalue weighted by molar-refractivity contribution is -0.116. The molecule has 0 aliphatic heterocycles. The van der Waals surface area contributed by atoms with Crippen molar-refractivity contribution < 1.29 is 9.59 Å². The fourth-order valence-corrected chi connectivity index (χ4v) is 3.94. The van der Waals surface area contributed by atoms with Gasteiger partial charge in [-0.1, -0.05) is 36.0 Å². The van der Waals surface area contributed by atoms with Gasteiger partial charge in [-0.15, -0.1) is 10.2 Å². The number of rotatable bonds is 8. The van der Waals surface area contributed by atoms with Crippen molar-refractivity contribution in [2.45, 2.75) is 38.8 Å². The number of amides is 2. The van der Waals surface area contributed by atoms with Gasteiger partial charge < -0.3 is 15.2 Å². The van der Waals surface area contributed by atoms with Gasteiger partial charge in [0.05, 0.1) is 5.75 Å². The molecule has 0 radical (unpaired) electrons. The maximum absolute atomic E-state index is 12.3. The maximum atomic E-state index is 12.3. The molecule has 2 N–H and O–H groups in total. The standard InChI is InChI=1S/C23H27N5O2S/c1-15-11-16(2)13-18(12-15)24-22(30)14-31-23-27-26-20(28(23)4)9-10-21(29)25-19-8-6-5-7-17(19)3/h5-8,11-13H,9-10,14H2,1-4H3,(H,24,30)(H,25,29). The fourth-order valence-electron chi connectivity index (χ4n) is 3.21. The summed E-state index contributed by atoms with van der Waals surface area (Å²) in [5.74, 6) is 0.765. The highest BCUT2D eigenvalue weighted by Crippen LogP contribution is 2.19. The Labute approximate surface area is 186 Å². The van der Waals surface area contributed by atoms with Crippen molar-refractivity contribution in [3.8, 4) is 0 Å². The number of aromatic nitrogens is 3. The average Bonchev–Trinajstić information content (AvgIpc) is 3.05. The minimum Gasteiger partial charge on any atom is -0.326 e. The van der Waals surface area contributed by atoms with Crippen LogP contribution in [0.2, 0.25) is 0 Å². The van der Waals surface area contributed by atoms with Gasteiger partial charge in [0.25, 0.3) is 0 Å². The largest absolute Gasteiger partial charge is 0.326 e. The summed E-state index contributed by atoms with van der Waals surface area (Å²) in [6.07, 6.45) is 0.773. The molecular weight excluding hydrogens is 410 g/mol. The van der Waals surface area contributed by atoms with Crippen molar-refractivity contribution in [1.29, 1.82) is 0 Å². The highest BCUT2D eigenvalue weighted by atomic mass is 32.2. The lowest BCUT2D eigenvalue weighted by Gasteiger charge is -2.08. The SMILES string of the molecule is Cc1cc(C)cc(NC(=O)CSc2nnc(CCC(=O)Nc3ccccc3C)n2C)c1. The van der Waals surface area contributed by atoms with Gasteiger partial charge in [-0.3, -0.25) is 9.59 Å². The Morgan fingerprint density at radius 2 is 1.68 bits per heavy atom. The molecule has 0 unspecified atom stereocenters. The van der Waals surface area contributed by atoms with E-state index in [0.29, 0.717) is 23.8 Å². The number of hydrogen-bond acceptors (Lipinski definition) is 5. The zero-order chi connectivity index (χ0) is 22.4. The van der Waals surface area contributed by atoms with Crippen molar-refractivity contribution in [2.24, 2.45) is 7.05 Å². The number of para-hydroxylation sites is 1. The molecule has 0 spiro atoms. The van der Waals surface area contributed by atoms with Crippen molar-refractivity contribution in [3.05, 3.63) is 65.0 Å². The zero-order valence-electron chi connectivity index (χ0n) is 18.2. The normalized spacial score (nSPS) is 10.7. The van der Waals surface area contributed by atoms with Crippen LogP contribution >= 0.6 is 11.8 Å². The molecule has 3 aromatic rings. The van der Waals surface area contributed by atoms with E-state index in [1.165, 1.54) is 11.8 Å². The van der Waals surface area contributed by atoms with Crippen LogP contribution in [0.1, 0.15) is 28.9 Å². The van der Waals surface area contributed by atoms with Gasteiger partial charge in [-0.05, 0) is 55.7 Å². The summed E-state index contributed by atoms with van der Waals surface area (Å²) >= 11 is 1.32. The summed E-state index contributed by atoms with van der Waals surface area (Å²) in [6.45, 7) is 5.96. The first-order chi connectivity index (χ1) is 14.8. The molecule has 31 heavy (non-hydrogen) atoms. The highest BCUT2D eigenvalue weighted by Gasteiger charge is 2.13. The number of benzene rings is 2. The van der Waals surface area contributed by atoms with Crippen LogP contribution in [0.3, 0.4) is 0 Å². The van der Waals surface area contributed by atoms with Crippen molar-refractivity contribution in [3.63, 3.8) is 0 Å². The first-order valence-corrected chi connectivity index (χ1v) is 11.0. The van der Waals surface area contributed by atoms with Crippen LogP contribution in [-0.2, 0) is 23.1 Å². The van der Waals surface area contributed by atoms with E-state index >= 15 is 0 Å². The van der Waals surface area contributed by atoms with Gasteiger partial charge in [0.15, 0.2) is 5.16 Å². The Bertz CT molecular complexity index is 1070. The third-order valence-corrected chi connectivity index (χ3v) is 5.78. The smallest absolute Gasteiger partial charge is 0.234 e. The maximum Gasteiger partial charge on any atom is 0.234 e. The van der Waals surface area contributed by atoms with Crippen molar-refractivity contribution >= 4 is 35.0 Å². The van der Waals surface area contributed by atoms with Crippen molar-refractivity contribution in [2.75, 3.05) is 16.4 Å². The zero-order valence-corrected chi connectivity index (χ0v) is 19.0. The number of carbonyl (C=O) groups excluding carboxylic acids is 2. The topological polar surface area (TPSA) is 88.9 Å². The van der Waals surface area contributed by atoms with Crippen LogP contribution in [0.5, 0.6) is 0 Å². The molecule has 2 amide bonds. The van der Waals surface area contributed by atoms with Crippen LogP contribution in [-0.4, -0.2) is 32.3 Å². The summed E-state index contributed by atoms with van der Waals surface area (Å²) in [5.41, 5.74) is 4.84. The molecule has 0 fully saturated rings. The van der Waals surface area contributed by atoms with E-state index in [9.17, 15) is 9.59 Å². The van der Waals surface area contributed by atoms with E-state index in [0.717, 1.165) is 28.1 Å². The van der Waals surface area contributed by atoms with E-state index in [4.69, 9.17) is 0 Å². The molecule has 0 aliphatic carbocycles. The Kier molecular flexibility index (Phi) is 7.46. The lowest BCUT2D eigenvalue weighted by Crippen LogP contribution is -2.15. The van der Waals surface area contributed by atoms with Crippen LogP contribution in [0.15, 0.2) is 47.6 Å². The summed E-state index contributed by atoms with van der Waals surface area (Å²) in [4.78, 5) is 24.6. The second-order valence-corrected chi connectivity index (χ2v) is 8.48. The molecule has 7 nitrogen and oxygen atoms in total. The summed E-state index contributed by atoms with van der Waals surface area (Å²) < 4.78 is 1.83. The van der Waals surface area contributed by atoms with Crippen molar-refractivity contribution in [1.82, 2.24) is 14.8 Å². The van der Waals surface area contributed by atoms with E-state index < -0.39 is 0 Å². The second kappa shape index (κ2) is 10.3. The molecule has 1 aromatic heterocycles. The number of nitrogens with one attached hydrogen (secondary N) is 2. The first kappa shape index (κ1) is 22.6. The average molecular weight is 438 g/mol. The minimum atomic E-state index is -0.0999. The molecule has 162 valence electrons. The number of aryl methyl sites for hydroxylation is 4. The van der Waals surface area contributed by atoms with Gasteiger partial charge in [-0.25, -0.2) is 0 Å². The number of thioether (sulfide) groups is 1. The van der Waals surface area contributed by atoms with Crippen LogP contribution in [0.4, 0.5) is 11.4 Å². The Balaban J connectivity index is 1.49. The second-order valence-electron chi connectivity index (χ2n) is 7.53. The third-order valence-electron chi connectivity index (χ3n) is 4.76. The van der Waals surface area contributed by atoms with Gasteiger partial charge in [0.1, 0.15) is 5.82 Å². The highest BCUT2D eigenvalue weighted by molar-refractivity contribution is 7.99. The summed E-state index contributed by atoms with van der Waals surface area (Å²) in [6, 6.07) is 13.6. The van der Waals surface area contributed by atoms with Gasteiger partial charge in [0.2, 0.25) is 11.8 Å². The Hall–Kier alpha value is -3.13. The number of anilines is 2. The van der Waals surface area contributed by atoms with E-state index in [1.54, 1.807) is 0 Å². The molecular formula is C23H27N5O2S. The molecule has 0 atom stereocenters. The fraction of sp³-hybridized carbons (Fsp3) is 0.304. The van der Waals surface area contributed by atoms with Gasteiger partial charge in [0, 0.05) is 31.3 Å². The first-order valence-electron chi connectivity index (χ1n) is 10.1. The lowest BCUT2D eigenvalue weighted by atomic mass is 10.1. The molecule has 0 aliphatic rings. The molecule has 0 saturated heterocycles. The molecule has 8 heteroatoms. The number of hydrogen-bond donors (Lipinski definition) is 2. The molecule has 0 saturated carbocycles. The number of carbonyl (C=O) groups is 2. The van der Waals surface area contributed by atoms with Crippen LogP contribution in [0, 0.1) is 20.8 Å². The van der Waals surface area contributed by atoms with E-state index in [2.05, 4.69) is 26.9 Å². The predicted octanol–water partition coefficient (Wildman–Crippen LogP) is 4.04. The van der Waals surface area contributed by atoms with E-state index in [1.807, 2.05) is 68.8 Å². The van der Waals surface area contributed by atoms with Crippen LogP contribution in [0.25, 0.3) is 0 Å². The van der Waals surface area contributed by atoms with Gasteiger partial charge in [-0.2, -0.15) is 0 Å². The van der Waals surface area contributed by atoms with Crippen LogP contribution < -0.4 is 10.6 Å². The Morgan fingerprint density at radius 3 is 2.39 bits per heavy atom. The molecule has 1 heterocycles. The van der Waals surface area contributed by atoms with Gasteiger partial charge >= 0.3 is 0 Å². The summed E-state index contributed by atoms with van der Waals surface area (Å²) in [7, 11) is 1.85.